The summed E-state index contributed by atoms with van der Waals surface area (Å²) in [6.07, 6.45) is 6.45. The second-order valence-electron chi connectivity index (χ2n) is 8.32. The molecule has 20 heavy (non-hydrogen) atoms. The van der Waals surface area contributed by atoms with E-state index in [4.69, 9.17) is 0 Å². The van der Waals surface area contributed by atoms with Crippen LogP contribution in [0.15, 0.2) is 0 Å². The van der Waals surface area contributed by atoms with Crippen LogP contribution in [-0.2, 0) is 4.79 Å². The molecule has 0 unspecified atom stereocenters. The zero-order valence-corrected chi connectivity index (χ0v) is 13.5. The lowest BCUT2D eigenvalue weighted by Gasteiger charge is -2.55. The van der Waals surface area contributed by atoms with Crippen molar-refractivity contribution >= 4 is 5.78 Å². The third kappa shape index (κ3) is 1.70. The van der Waals surface area contributed by atoms with E-state index in [-0.39, 0.29) is 22.9 Å². The molecule has 0 radical (unpaired) electrons. The minimum absolute atomic E-state index is 0.0628. The summed E-state index contributed by atoms with van der Waals surface area (Å²) in [5, 5.41) is 10.4. The van der Waals surface area contributed by atoms with E-state index in [0.717, 1.165) is 31.1 Å². The second kappa shape index (κ2) is 4.56. The van der Waals surface area contributed by atoms with Gasteiger partial charge in [-0.3, -0.25) is 4.79 Å². The van der Waals surface area contributed by atoms with E-state index in [2.05, 4.69) is 20.8 Å². The zero-order chi connectivity index (χ0) is 14.7. The summed E-state index contributed by atoms with van der Waals surface area (Å²) in [5.74, 6) is 2.83. The molecule has 0 aliphatic heterocycles. The summed E-state index contributed by atoms with van der Waals surface area (Å²) in [6.45, 7) is 8.86. The summed E-state index contributed by atoms with van der Waals surface area (Å²) in [4.78, 5) is 12.0. The highest BCUT2D eigenvalue weighted by Crippen LogP contribution is 2.67. The highest BCUT2D eigenvalue weighted by Gasteiger charge is 2.61. The molecule has 7 atom stereocenters. The topological polar surface area (TPSA) is 37.3 Å². The Hall–Kier alpha value is -0.370. The van der Waals surface area contributed by atoms with E-state index < -0.39 is 0 Å². The smallest absolute Gasteiger partial charge is 0.135 e. The molecular formula is C18H30O2. The van der Waals surface area contributed by atoms with E-state index in [9.17, 15) is 9.90 Å². The van der Waals surface area contributed by atoms with E-state index in [1.54, 1.807) is 0 Å². The Morgan fingerprint density at radius 3 is 2.50 bits per heavy atom. The molecule has 0 amide bonds. The van der Waals surface area contributed by atoms with Crippen molar-refractivity contribution in [2.45, 2.75) is 72.3 Å². The molecule has 2 heteroatoms. The van der Waals surface area contributed by atoms with Crippen LogP contribution in [0, 0.1) is 34.5 Å². The lowest BCUT2D eigenvalue weighted by molar-refractivity contribution is -0.137. The first-order chi connectivity index (χ1) is 9.31. The molecule has 0 aromatic rings. The number of hydrogen-bond donors (Lipinski definition) is 1. The number of fused-ring (bicyclic) bond motifs is 3. The van der Waals surface area contributed by atoms with Crippen LogP contribution in [0.3, 0.4) is 0 Å². The lowest BCUT2D eigenvalue weighted by atomic mass is 9.49. The van der Waals surface area contributed by atoms with Crippen LogP contribution in [0.1, 0.15) is 66.2 Å². The van der Waals surface area contributed by atoms with Crippen LogP contribution in [0.2, 0.25) is 0 Å². The Balaban J connectivity index is 1.91. The first-order valence-electron chi connectivity index (χ1n) is 8.52. The SMILES string of the molecule is C[C@H](O)[C@@]1(C)CC[C@H]2[C@@H]3CCC(=O)[C@H](C)[C@@H]3CC[C@@]21C. The quantitative estimate of drug-likeness (QED) is 0.792. The van der Waals surface area contributed by atoms with Gasteiger partial charge in [0, 0.05) is 12.3 Å². The number of rotatable bonds is 1. The monoisotopic (exact) mass is 278 g/mol. The number of carbonyl (C=O) groups is 1. The molecule has 0 heterocycles. The maximum atomic E-state index is 12.0. The van der Waals surface area contributed by atoms with Crippen molar-refractivity contribution < 1.29 is 9.90 Å². The third-order valence-corrected chi connectivity index (χ3v) is 7.96. The molecule has 3 aliphatic rings. The number of Topliss-reactive ketones (excluding diaryl/α,β-unsaturated/α-hetero) is 1. The van der Waals surface area contributed by atoms with Gasteiger partial charge >= 0.3 is 0 Å². The van der Waals surface area contributed by atoms with Crippen LogP contribution < -0.4 is 0 Å². The average Bonchev–Trinajstić information content (AvgIpc) is 2.68. The number of hydrogen-bond acceptors (Lipinski definition) is 2. The summed E-state index contributed by atoms with van der Waals surface area (Å²) >= 11 is 0. The number of carbonyl (C=O) groups excluding carboxylic acids is 1. The largest absolute Gasteiger partial charge is 0.393 e. The van der Waals surface area contributed by atoms with Gasteiger partial charge < -0.3 is 5.11 Å². The fourth-order valence-electron chi connectivity index (χ4n) is 6.12. The van der Waals surface area contributed by atoms with Gasteiger partial charge in [0.2, 0.25) is 0 Å². The molecule has 0 bridgehead atoms. The van der Waals surface area contributed by atoms with E-state index in [1.807, 2.05) is 6.92 Å². The van der Waals surface area contributed by atoms with E-state index >= 15 is 0 Å². The first kappa shape index (κ1) is 14.6. The zero-order valence-electron chi connectivity index (χ0n) is 13.5. The normalized spacial score (nSPS) is 53.4. The molecule has 1 N–H and O–H groups in total. The van der Waals surface area contributed by atoms with Crippen molar-refractivity contribution in [3.8, 4) is 0 Å². The Morgan fingerprint density at radius 1 is 1.15 bits per heavy atom. The van der Waals surface area contributed by atoms with Crippen LogP contribution in [0.4, 0.5) is 0 Å². The van der Waals surface area contributed by atoms with Crippen molar-refractivity contribution in [3.63, 3.8) is 0 Å². The minimum atomic E-state index is -0.225. The molecule has 0 aromatic carbocycles. The summed E-state index contributed by atoms with van der Waals surface area (Å²) in [5.41, 5.74) is 0.329. The predicted octanol–water partition coefficient (Wildman–Crippen LogP) is 3.82. The Morgan fingerprint density at radius 2 is 1.85 bits per heavy atom. The van der Waals surface area contributed by atoms with Crippen LogP contribution in [-0.4, -0.2) is 17.0 Å². The first-order valence-corrected chi connectivity index (χ1v) is 8.52. The maximum Gasteiger partial charge on any atom is 0.135 e. The second-order valence-corrected chi connectivity index (χ2v) is 8.32. The van der Waals surface area contributed by atoms with Gasteiger partial charge in [-0.25, -0.2) is 0 Å². The summed E-state index contributed by atoms with van der Waals surface area (Å²) in [6, 6.07) is 0. The fourth-order valence-corrected chi connectivity index (χ4v) is 6.12. The van der Waals surface area contributed by atoms with Crippen molar-refractivity contribution in [2.24, 2.45) is 34.5 Å². The molecule has 3 aliphatic carbocycles. The van der Waals surface area contributed by atoms with Gasteiger partial charge in [0.25, 0.3) is 0 Å². The molecule has 0 saturated heterocycles. The van der Waals surface area contributed by atoms with Crippen molar-refractivity contribution in [2.75, 3.05) is 0 Å². The average molecular weight is 278 g/mol. The fraction of sp³-hybridized carbons (Fsp3) is 0.944. The minimum Gasteiger partial charge on any atom is -0.393 e. The molecule has 3 fully saturated rings. The van der Waals surface area contributed by atoms with Crippen molar-refractivity contribution in [1.29, 1.82) is 0 Å². The third-order valence-electron chi connectivity index (χ3n) is 7.96. The van der Waals surface area contributed by atoms with Crippen LogP contribution >= 0.6 is 0 Å². The molecule has 3 saturated carbocycles. The van der Waals surface area contributed by atoms with Crippen LogP contribution in [0.5, 0.6) is 0 Å². The lowest BCUT2D eigenvalue weighted by Crippen LogP contribution is -2.52. The van der Waals surface area contributed by atoms with Gasteiger partial charge in [0.15, 0.2) is 0 Å². The Kier molecular flexibility index (Phi) is 3.32. The van der Waals surface area contributed by atoms with Gasteiger partial charge in [-0.1, -0.05) is 20.8 Å². The molecule has 3 rings (SSSR count). The van der Waals surface area contributed by atoms with Crippen molar-refractivity contribution in [1.82, 2.24) is 0 Å². The number of aliphatic hydroxyl groups is 1. The highest BCUT2D eigenvalue weighted by atomic mass is 16.3. The standard InChI is InChI=1S/C18H30O2/c1-11-13-7-9-18(4)15(14(13)5-6-16(11)20)8-10-17(18,3)12(2)19/h11-15,19H,5-10H2,1-4H3/t11-,12+,13+,14-,15+,17-,18+/m1/s1. The summed E-state index contributed by atoms with van der Waals surface area (Å²) in [7, 11) is 0. The van der Waals surface area contributed by atoms with Crippen molar-refractivity contribution in [3.05, 3.63) is 0 Å². The van der Waals surface area contributed by atoms with Gasteiger partial charge in [0.05, 0.1) is 6.10 Å². The van der Waals surface area contributed by atoms with Gasteiger partial charge in [-0.05, 0) is 67.6 Å². The molecule has 114 valence electrons. The summed E-state index contributed by atoms with van der Waals surface area (Å²) < 4.78 is 0. The predicted molar refractivity (Wildman–Crippen MR) is 80.2 cm³/mol. The maximum absolute atomic E-state index is 12.0. The van der Waals surface area contributed by atoms with Gasteiger partial charge in [0.1, 0.15) is 5.78 Å². The van der Waals surface area contributed by atoms with Crippen LogP contribution in [0.25, 0.3) is 0 Å². The van der Waals surface area contributed by atoms with E-state index in [0.29, 0.717) is 11.7 Å². The molecular weight excluding hydrogens is 248 g/mol. The van der Waals surface area contributed by atoms with Gasteiger partial charge in [-0.15, -0.1) is 0 Å². The highest BCUT2D eigenvalue weighted by molar-refractivity contribution is 5.81. The molecule has 2 nitrogen and oxygen atoms in total. The Labute approximate surface area is 123 Å². The molecule has 0 aromatic heterocycles. The number of ketones is 1. The van der Waals surface area contributed by atoms with Gasteiger partial charge in [-0.2, -0.15) is 0 Å². The number of aliphatic hydroxyl groups excluding tert-OH is 1. The molecule has 0 spiro atoms. The Bertz CT molecular complexity index is 416. The van der Waals surface area contributed by atoms with E-state index in [1.165, 1.54) is 19.3 Å².